The lowest BCUT2D eigenvalue weighted by Gasteiger charge is -2.14. The number of allylic oxidation sites excluding steroid dienone is 4. The van der Waals surface area contributed by atoms with E-state index in [9.17, 15) is 20.1 Å². The lowest BCUT2D eigenvalue weighted by molar-refractivity contribution is 0.440. The molecule has 164 valence electrons. The summed E-state index contributed by atoms with van der Waals surface area (Å²) in [4.78, 5) is 13.4. The first-order valence-corrected chi connectivity index (χ1v) is 10.7. The van der Waals surface area contributed by atoms with Crippen LogP contribution in [0.1, 0.15) is 57.2 Å². The Balaban J connectivity index is 2.31. The van der Waals surface area contributed by atoms with Gasteiger partial charge >= 0.3 is 0 Å². The van der Waals surface area contributed by atoms with E-state index in [1.807, 2.05) is 32.9 Å². The predicted molar refractivity (Wildman–Crippen MR) is 125 cm³/mol. The first-order chi connectivity index (χ1) is 14.7. The van der Waals surface area contributed by atoms with Gasteiger partial charge in [-0.05, 0) is 58.1 Å². The molecule has 3 aromatic rings. The molecule has 0 atom stereocenters. The van der Waals surface area contributed by atoms with E-state index >= 15 is 0 Å². The van der Waals surface area contributed by atoms with E-state index < -0.39 is 5.43 Å². The van der Waals surface area contributed by atoms with Crippen molar-refractivity contribution in [1.29, 1.82) is 0 Å². The minimum absolute atomic E-state index is 0.0203. The Labute approximate surface area is 182 Å². The van der Waals surface area contributed by atoms with Crippen molar-refractivity contribution in [3.05, 3.63) is 62.3 Å². The van der Waals surface area contributed by atoms with Gasteiger partial charge in [0.25, 0.3) is 0 Å². The normalized spacial score (nSPS) is 12.8. The highest BCUT2D eigenvalue weighted by atomic mass is 16.3. The molecule has 1 heterocycles. The van der Waals surface area contributed by atoms with Crippen LogP contribution in [0.3, 0.4) is 0 Å². The molecule has 1 aromatic heterocycles. The van der Waals surface area contributed by atoms with Gasteiger partial charge in [-0.2, -0.15) is 0 Å². The number of fused-ring (bicyclic) bond motifs is 2. The molecule has 0 aliphatic heterocycles. The Morgan fingerprint density at radius 1 is 0.903 bits per heavy atom. The van der Waals surface area contributed by atoms with Gasteiger partial charge in [-0.15, -0.1) is 0 Å². The summed E-state index contributed by atoms with van der Waals surface area (Å²) in [6, 6.07) is 3.38. The number of hydrogen-bond donors (Lipinski definition) is 3. The van der Waals surface area contributed by atoms with Gasteiger partial charge in [0.15, 0.2) is 0 Å². The highest BCUT2D eigenvalue weighted by Crippen LogP contribution is 2.41. The lowest BCUT2D eigenvalue weighted by Crippen LogP contribution is -2.06. The van der Waals surface area contributed by atoms with Crippen LogP contribution in [0.15, 0.2) is 44.6 Å². The Hall–Kier alpha value is -3.21. The van der Waals surface area contributed by atoms with E-state index in [1.165, 1.54) is 5.57 Å². The third-order valence-corrected chi connectivity index (χ3v) is 6.06. The molecule has 0 radical (unpaired) electrons. The number of rotatable bonds is 6. The van der Waals surface area contributed by atoms with Gasteiger partial charge in [0.1, 0.15) is 39.2 Å². The molecule has 0 aliphatic rings. The van der Waals surface area contributed by atoms with E-state index in [1.54, 1.807) is 19.1 Å². The quantitative estimate of drug-likeness (QED) is 0.326. The largest absolute Gasteiger partial charge is 0.507 e. The number of phenols is 3. The molecule has 0 fully saturated rings. The van der Waals surface area contributed by atoms with Crippen LogP contribution in [0.25, 0.3) is 21.9 Å². The van der Waals surface area contributed by atoms with Crippen LogP contribution in [-0.4, -0.2) is 15.3 Å². The Morgan fingerprint density at radius 2 is 1.52 bits per heavy atom. The summed E-state index contributed by atoms with van der Waals surface area (Å²) in [5.41, 5.74) is 3.41. The molecule has 5 heteroatoms. The summed E-state index contributed by atoms with van der Waals surface area (Å²) in [7, 11) is 0. The van der Waals surface area contributed by atoms with Gasteiger partial charge in [0.2, 0.25) is 5.43 Å². The van der Waals surface area contributed by atoms with Crippen LogP contribution < -0.4 is 5.43 Å². The summed E-state index contributed by atoms with van der Waals surface area (Å²) >= 11 is 0. The molecule has 0 aliphatic carbocycles. The maximum absolute atomic E-state index is 13.4. The zero-order chi connectivity index (χ0) is 22.9. The molecule has 2 aromatic carbocycles. The molecule has 0 saturated heterocycles. The Kier molecular flexibility index (Phi) is 6.44. The smallest absolute Gasteiger partial charge is 0.208 e. The van der Waals surface area contributed by atoms with Crippen molar-refractivity contribution in [2.75, 3.05) is 0 Å². The number of aromatic hydroxyl groups is 3. The second-order valence-electron chi connectivity index (χ2n) is 8.10. The van der Waals surface area contributed by atoms with Gasteiger partial charge in [-0.25, -0.2) is 0 Å². The molecule has 31 heavy (non-hydrogen) atoms. The fraction of sp³-hybridized carbons (Fsp3) is 0.346. The topological polar surface area (TPSA) is 90.9 Å². The molecule has 0 amide bonds. The molecular weight excluding hydrogens is 392 g/mol. The fourth-order valence-electron chi connectivity index (χ4n) is 3.59. The van der Waals surface area contributed by atoms with Gasteiger partial charge < -0.3 is 19.7 Å². The lowest BCUT2D eigenvalue weighted by atomic mass is 9.97. The minimum atomic E-state index is -0.509. The maximum Gasteiger partial charge on any atom is 0.208 e. The van der Waals surface area contributed by atoms with Crippen LogP contribution >= 0.6 is 0 Å². The maximum atomic E-state index is 13.4. The molecule has 0 saturated carbocycles. The van der Waals surface area contributed by atoms with E-state index in [2.05, 4.69) is 6.92 Å². The average Bonchev–Trinajstić information content (AvgIpc) is 2.76. The SMILES string of the molecule is CCC(C)=CCc1ccc2oc3c(C)c(O)c(CC=C(C)CC)c(O)c3c(=O)c2c1O. The number of hydrogen-bond acceptors (Lipinski definition) is 5. The van der Waals surface area contributed by atoms with Crippen molar-refractivity contribution < 1.29 is 19.7 Å². The molecule has 0 spiro atoms. The van der Waals surface area contributed by atoms with Crippen LogP contribution in [0.4, 0.5) is 0 Å². The van der Waals surface area contributed by atoms with Gasteiger partial charge in [-0.3, -0.25) is 4.79 Å². The van der Waals surface area contributed by atoms with E-state index in [-0.39, 0.29) is 44.8 Å². The molecule has 3 N–H and O–H groups in total. The first-order valence-electron chi connectivity index (χ1n) is 10.7. The highest BCUT2D eigenvalue weighted by Gasteiger charge is 2.23. The van der Waals surface area contributed by atoms with Crippen molar-refractivity contribution in [1.82, 2.24) is 0 Å². The first kappa shape index (κ1) is 22.5. The van der Waals surface area contributed by atoms with Crippen LogP contribution in [-0.2, 0) is 12.8 Å². The fourth-order valence-corrected chi connectivity index (χ4v) is 3.59. The standard InChI is InChI=1S/C26H30O5/c1-6-14(3)8-10-17-11-13-19-20(23(17)28)25(30)21-24(29)18(12-9-15(4)7-2)22(27)16(5)26(21)31-19/h8-9,11,13,27-29H,6-7,10,12H2,1-5H3. The van der Waals surface area contributed by atoms with Crippen molar-refractivity contribution in [3.8, 4) is 17.2 Å². The van der Waals surface area contributed by atoms with Crippen LogP contribution in [0, 0.1) is 6.92 Å². The van der Waals surface area contributed by atoms with Gasteiger partial charge in [0.05, 0.1) is 0 Å². The van der Waals surface area contributed by atoms with Crippen molar-refractivity contribution >= 4 is 21.9 Å². The van der Waals surface area contributed by atoms with Crippen molar-refractivity contribution in [2.45, 2.75) is 60.3 Å². The third kappa shape index (κ3) is 4.05. The Morgan fingerprint density at radius 3 is 2.13 bits per heavy atom. The molecule has 0 bridgehead atoms. The number of phenolic OH excluding ortho intramolecular Hbond substituents is 3. The predicted octanol–water partition coefficient (Wildman–Crippen LogP) is 6.17. The number of aryl methyl sites for hydroxylation is 1. The van der Waals surface area contributed by atoms with Crippen LogP contribution in [0.5, 0.6) is 17.2 Å². The third-order valence-electron chi connectivity index (χ3n) is 6.06. The van der Waals surface area contributed by atoms with E-state index in [0.717, 1.165) is 18.4 Å². The minimum Gasteiger partial charge on any atom is -0.507 e. The monoisotopic (exact) mass is 422 g/mol. The molecular formula is C26H30O5. The summed E-state index contributed by atoms with van der Waals surface area (Å²) in [5.74, 6) is -0.532. The van der Waals surface area contributed by atoms with E-state index in [4.69, 9.17) is 4.42 Å². The van der Waals surface area contributed by atoms with Crippen molar-refractivity contribution in [2.24, 2.45) is 0 Å². The zero-order valence-corrected chi connectivity index (χ0v) is 18.8. The number of benzene rings is 2. The molecule has 5 nitrogen and oxygen atoms in total. The summed E-state index contributed by atoms with van der Waals surface area (Å²) in [5, 5.41) is 32.4. The second kappa shape index (κ2) is 8.88. The summed E-state index contributed by atoms with van der Waals surface area (Å²) in [6.45, 7) is 9.72. The van der Waals surface area contributed by atoms with Gasteiger partial charge in [0, 0.05) is 11.1 Å². The average molecular weight is 423 g/mol. The molecule has 3 rings (SSSR count). The molecule has 0 unspecified atom stereocenters. The highest BCUT2D eigenvalue weighted by molar-refractivity contribution is 5.99. The van der Waals surface area contributed by atoms with Gasteiger partial charge in [-0.1, -0.05) is 43.2 Å². The Bertz CT molecular complexity index is 1280. The van der Waals surface area contributed by atoms with E-state index in [0.29, 0.717) is 24.0 Å². The summed E-state index contributed by atoms with van der Waals surface area (Å²) in [6.07, 6.45) is 6.48. The van der Waals surface area contributed by atoms with Crippen molar-refractivity contribution in [3.63, 3.8) is 0 Å². The van der Waals surface area contributed by atoms with Crippen LogP contribution in [0.2, 0.25) is 0 Å². The zero-order valence-electron chi connectivity index (χ0n) is 18.8. The summed E-state index contributed by atoms with van der Waals surface area (Å²) < 4.78 is 5.89. The second-order valence-corrected chi connectivity index (χ2v) is 8.10.